The zero-order valence-corrected chi connectivity index (χ0v) is 18.6. The zero-order valence-electron chi connectivity index (χ0n) is 17.0. The highest BCUT2D eigenvalue weighted by Crippen LogP contribution is 2.25. The van der Waals surface area contributed by atoms with Gasteiger partial charge in [-0.3, -0.25) is 4.79 Å². The Kier molecular flexibility index (Phi) is 8.85. The van der Waals surface area contributed by atoms with Gasteiger partial charge in [0.15, 0.2) is 0 Å². The van der Waals surface area contributed by atoms with E-state index in [9.17, 15) is 9.18 Å². The first-order valence-corrected chi connectivity index (χ1v) is 9.78. The van der Waals surface area contributed by atoms with Gasteiger partial charge in [0.25, 0.3) is 5.91 Å². The summed E-state index contributed by atoms with van der Waals surface area (Å²) in [4.78, 5) is 24.1. The van der Waals surface area contributed by atoms with Crippen LogP contribution in [0.15, 0.2) is 42.6 Å². The summed E-state index contributed by atoms with van der Waals surface area (Å²) in [6.07, 6.45) is 1.71. The highest BCUT2D eigenvalue weighted by atomic mass is 35.5. The van der Waals surface area contributed by atoms with E-state index in [0.29, 0.717) is 18.7 Å². The van der Waals surface area contributed by atoms with Gasteiger partial charge in [-0.05, 0) is 36.9 Å². The van der Waals surface area contributed by atoms with E-state index < -0.39 is 0 Å². The van der Waals surface area contributed by atoms with Crippen molar-refractivity contribution in [3.63, 3.8) is 0 Å². The molecule has 2 fully saturated rings. The molecule has 2 aliphatic rings. The summed E-state index contributed by atoms with van der Waals surface area (Å²) in [6, 6.07) is 9.99. The number of likely N-dealkylation sites (N-methyl/N-ethyl adjacent to an activating group) is 1. The van der Waals surface area contributed by atoms with Crippen LogP contribution < -0.4 is 10.2 Å². The molecule has 2 aromatic rings. The zero-order chi connectivity index (χ0) is 19.5. The van der Waals surface area contributed by atoms with E-state index >= 15 is 0 Å². The average molecular weight is 456 g/mol. The first-order chi connectivity index (χ1) is 13.6. The summed E-state index contributed by atoms with van der Waals surface area (Å²) < 4.78 is 13.7. The number of hydrogen-bond donors (Lipinski definition) is 1. The summed E-state index contributed by atoms with van der Waals surface area (Å²) in [5.74, 6) is 0.529. The Morgan fingerprint density at radius 3 is 2.60 bits per heavy atom. The molecule has 1 amide bonds. The van der Waals surface area contributed by atoms with Crippen molar-refractivity contribution >= 4 is 36.5 Å². The minimum absolute atomic E-state index is 0. The lowest BCUT2D eigenvalue weighted by molar-refractivity contribution is 0.0634. The van der Waals surface area contributed by atoms with E-state index in [-0.39, 0.29) is 42.6 Å². The number of anilines is 1. The molecule has 1 unspecified atom stereocenters. The van der Waals surface area contributed by atoms with Gasteiger partial charge in [-0.15, -0.1) is 24.8 Å². The third kappa shape index (κ3) is 5.40. The molecule has 2 saturated heterocycles. The molecule has 3 heterocycles. The quantitative estimate of drug-likeness (QED) is 0.770. The van der Waals surface area contributed by atoms with Crippen molar-refractivity contribution in [1.29, 1.82) is 0 Å². The normalized spacial score (nSPS) is 19.6. The van der Waals surface area contributed by atoms with Gasteiger partial charge in [0.05, 0.1) is 6.04 Å². The van der Waals surface area contributed by atoms with E-state index in [0.717, 1.165) is 44.1 Å². The number of carbonyl (C=O) groups excluding carboxylic acids is 1. The number of amides is 1. The molecule has 1 atom stereocenters. The standard InChI is InChI=1S/C21H26FN5O.2ClH/c1-25-9-11-26(12-10-25)20-14-17(5-6-24-20)21(28)27-8-7-23-15-19(27)16-3-2-4-18(22)13-16;;/h2-6,13-14,19,23H,7-12,15H2,1H3;2*1H. The summed E-state index contributed by atoms with van der Waals surface area (Å²) in [7, 11) is 2.11. The van der Waals surface area contributed by atoms with Gasteiger partial charge in [0.1, 0.15) is 11.6 Å². The number of halogens is 3. The van der Waals surface area contributed by atoms with Gasteiger partial charge in [-0.25, -0.2) is 9.37 Å². The maximum Gasteiger partial charge on any atom is 0.254 e. The predicted octanol–water partition coefficient (Wildman–Crippen LogP) is 2.60. The van der Waals surface area contributed by atoms with Crippen LogP contribution in [0.25, 0.3) is 0 Å². The molecule has 6 nitrogen and oxygen atoms in total. The van der Waals surface area contributed by atoms with Crippen LogP contribution in [0.3, 0.4) is 0 Å². The number of carbonyl (C=O) groups is 1. The second-order valence-electron chi connectivity index (χ2n) is 7.47. The monoisotopic (exact) mass is 455 g/mol. The van der Waals surface area contributed by atoms with Gasteiger partial charge in [0, 0.05) is 57.6 Å². The second kappa shape index (κ2) is 10.9. The Labute approximate surface area is 189 Å². The lowest BCUT2D eigenvalue weighted by atomic mass is 10.0. The SMILES string of the molecule is CN1CCN(c2cc(C(=O)N3CCNCC3c3cccc(F)c3)ccn2)CC1.Cl.Cl. The second-order valence-corrected chi connectivity index (χ2v) is 7.47. The number of nitrogens with zero attached hydrogens (tertiary/aromatic N) is 4. The van der Waals surface area contributed by atoms with Crippen molar-refractivity contribution in [2.75, 3.05) is 57.8 Å². The number of aromatic nitrogens is 1. The van der Waals surface area contributed by atoms with Crippen LogP contribution in [0.4, 0.5) is 10.2 Å². The molecular formula is C21H28Cl2FN5O. The number of nitrogens with one attached hydrogen (secondary N) is 1. The lowest BCUT2D eigenvalue weighted by Gasteiger charge is -2.37. The maximum absolute atomic E-state index is 13.7. The highest BCUT2D eigenvalue weighted by Gasteiger charge is 2.29. The molecule has 1 N–H and O–H groups in total. The Morgan fingerprint density at radius 2 is 1.87 bits per heavy atom. The van der Waals surface area contributed by atoms with Gasteiger partial charge >= 0.3 is 0 Å². The van der Waals surface area contributed by atoms with Crippen molar-refractivity contribution < 1.29 is 9.18 Å². The molecular weight excluding hydrogens is 428 g/mol. The molecule has 4 rings (SSSR count). The van der Waals surface area contributed by atoms with E-state index in [2.05, 4.69) is 27.1 Å². The van der Waals surface area contributed by atoms with Crippen LogP contribution in [0.2, 0.25) is 0 Å². The fourth-order valence-corrected chi connectivity index (χ4v) is 3.88. The molecule has 0 saturated carbocycles. The van der Waals surface area contributed by atoms with Crippen LogP contribution in [0.5, 0.6) is 0 Å². The minimum Gasteiger partial charge on any atom is -0.354 e. The van der Waals surface area contributed by atoms with Crippen molar-refractivity contribution in [1.82, 2.24) is 20.1 Å². The average Bonchev–Trinajstić information content (AvgIpc) is 2.74. The molecule has 0 radical (unpaired) electrons. The minimum atomic E-state index is -0.281. The Bertz CT molecular complexity index is 848. The highest BCUT2D eigenvalue weighted by molar-refractivity contribution is 5.95. The third-order valence-electron chi connectivity index (χ3n) is 5.56. The van der Waals surface area contributed by atoms with Crippen LogP contribution in [-0.4, -0.2) is 73.6 Å². The van der Waals surface area contributed by atoms with E-state index in [1.54, 1.807) is 18.3 Å². The van der Waals surface area contributed by atoms with E-state index in [4.69, 9.17) is 0 Å². The fraction of sp³-hybridized carbons (Fsp3) is 0.429. The Hall–Kier alpha value is -1.93. The number of pyridine rings is 1. The topological polar surface area (TPSA) is 51.7 Å². The van der Waals surface area contributed by atoms with Gasteiger partial charge in [-0.1, -0.05) is 12.1 Å². The molecule has 2 aliphatic heterocycles. The van der Waals surface area contributed by atoms with E-state index in [1.807, 2.05) is 17.0 Å². The van der Waals surface area contributed by atoms with Gasteiger partial charge in [0.2, 0.25) is 0 Å². The first kappa shape index (κ1) is 24.3. The third-order valence-corrected chi connectivity index (χ3v) is 5.56. The number of hydrogen-bond acceptors (Lipinski definition) is 5. The van der Waals surface area contributed by atoms with Crippen molar-refractivity contribution in [2.24, 2.45) is 0 Å². The fourth-order valence-electron chi connectivity index (χ4n) is 3.88. The summed E-state index contributed by atoms with van der Waals surface area (Å²) in [5.41, 5.74) is 1.45. The largest absolute Gasteiger partial charge is 0.354 e. The van der Waals surface area contributed by atoms with Crippen LogP contribution >= 0.6 is 24.8 Å². The summed E-state index contributed by atoms with van der Waals surface area (Å²) in [5, 5.41) is 3.31. The van der Waals surface area contributed by atoms with Crippen LogP contribution in [0.1, 0.15) is 22.0 Å². The number of benzene rings is 1. The molecule has 164 valence electrons. The first-order valence-electron chi connectivity index (χ1n) is 9.78. The van der Waals surface area contributed by atoms with Crippen molar-refractivity contribution in [2.45, 2.75) is 6.04 Å². The molecule has 30 heavy (non-hydrogen) atoms. The van der Waals surface area contributed by atoms with Gasteiger partial charge in [-0.2, -0.15) is 0 Å². The predicted molar refractivity (Wildman–Crippen MR) is 121 cm³/mol. The van der Waals surface area contributed by atoms with Crippen molar-refractivity contribution in [3.05, 3.63) is 59.5 Å². The van der Waals surface area contributed by atoms with Gasteiger partial charge < -0.3 is 20.0 Å². The van der Waals surface area contributed by atoms with E-state index in [1.165, 1.54) is 12.1 Å². The lowest BCUT2D eigenvalue weighted by Crippen LogP contribution is -2.48. The molecule has 1 aromatic heterocycles. The molecule has 1 aromatic carbocycles. The maximum atomic E-state index is 13.7. The molecule has 0 aliphatic carbocycles. The molecule has 0 bridgehead atoms. The van der Waals surface area contributed by atoms with Crippen LogP contribution in [-0.2, 0) is 0 Å². The Morgan fingerprint density at radius 1 is 1.10 bits per heavy atom. The number of piperazine rings is 2. The smallest absolute Gasteiger partial charge is 0.254 e. The Balaban J connectivity index is 0.00000160. The summed E-state index contributed by atoms with van der Waals surface area (Å²) in [6.45, 7) is 5.71. The number of rotatable bonds is 3. The molecule has 9 heteroatoms. The summed E-state index contributed by atoms with van der Waals surface area (Å²) >= 11 is 0. The van der Waals surface area contributed by atoms with Crippen LogP contribution in [0, 0.1) is 5.82 Å². The molecule has 0 spiro atoms. The van der Waals surface area contributed by atoms with Crippen molar-refractivity contribution in [3.8, 4) is 0 Å².